The quantitative estimate of drug-likeness (QED) is 0.661. The Balaban J connectivity index is 1.80. The van der Waals surface area contributed by atoms with Crippen molar-refractivity contribution in [2.45, 2.75) is 18.4 Å². The molecule has 1 aromatic carbocycles. The first kappa shape index (κ1) is 18.7. The summed E-state index contributed by atoms with van der Waals surface area (Å²) in [6.07, 6.45) is 1.67. The highest BCUT2D eigenvalue weighted by molar-refractivity contribution is 7.89. The van der Waals surface area contributed by atoms with Gasteiger partial charge < -0.3 is 4.74 Å². The summed E-state index contributed by atoms with van der Waals surface area (Å²) in [5, 5.41) is 0. The first-order valence-electron chi connectivity index (χ1n) is 8.00. The van der Waals surface area contributed by atoms with Crippen LogP contribution in [0.1, 0.15) is 21.6 Å². The second kappa shape index (κ2) is 7.29. The van der Waals surface area contributed by atoms with Crippen LogP contribution in [-0.2, 0) is 21.4 Å². The molecule has 9 heteroatoms. The van der Waals surface area contributed by atoms with Gasteiger partial charge in [-0.1, -0.05) is 12.1 Å². The number of ether oxygens (including phenoxy) is 1. The zero-order chi connectivity index (χ0) is 19.6. The molecule has 1 N–H and O–H groups in total. The SMILES string of the molecule is CNS(=O)(=O)c1cccc(C(=O)OCc2cc(=O)n3cc(C)ccc3n2)c1. The number of rotatable bonds is 5. The van der Waals surface area contributed by atoms with Gasteiger partial charge in [-0.05, 0) is 43.8 Å². The summed E-state index contributed by atoms with van der Waals surface area (Å²) in [4.78, 5) is 28.6. The summed E-state index contributed by atoms with van der Waals surface area (Å²) in [5.41, 5.74) is 1.47. The van der Waals surface area contributed by atoms with Crippen LogP contribution in [0.25, 0.3) is 5.65 Å². The molecule has 8 nitrogen and oxygen atoms in total. The lowest BCUT2D eigenvalue weighted by molar-refractivity contribution is 0.0467. The van der Waals surface area contributed by atoms with E-state index in [2.05, 4.69) is 9.71 Å². The summed E-state index contributed by atoms with van der Waals surface area (Å²) in [7, 11) is -2.39. The van der Waals surface area contributed by atoms with Gasteiger partial charge in [-0.3, -0.25) is 9.20 Å². The summed E-state index contributed by atoms with van der Waals surface area (Å²) in [5.74, 6) is -0.714. The second-order valence-electron chi connectivity index (χ2n) is 5.83. The normalized spacial score (nSPS) is 11.5. The number of nitrogens with zero attached hydrogens (tertiary/aromatic N) is 2. The molecule has 0 saturated heterocycles. The largest absolute Gasteiger partial charge is 0.456 e. The Hall–Kier alpha value is -3.04. The zero-order valence-electron chi connectivity index (χ0n) is 14.7. The van der Waals surface area contributed by atoms with Crippen molar-refractivity contribution in [1.29, 1.82) is 0 Å². The Bertz CT molecular complexity index is 1190. The number of benzene rings is 1. The minimum atomic E-state index is -3.67. The molecule has 27 heavy (non-hydrogen) atoms. The number of carbonyl (C=O) groups is 1. The number of fused-ring (bicyclic) bond motifs is 1. The van der Waals surface area contributed by atoms with Crippen LogP contribution in [0.5, 0.6) is 0 Å². The summed E-state index contributed by atoms with van der Waals surface area (Å²) >= 11 is 0. The lowest BCUT2D eigenvalue weighted by Crippen LogP contribution is -2.19. The maximum Gasteiger partial charge on any atom is 0.338 e. The highest BCUT2D eigenvalue weighted by Gasteiger charge is 2.15. The van der Waals surface area contributed by atoms with Gasteiger partial charge in [-0.15, -0.1) is 0 Å². The molecule has 0 amide bonds. The highest BCUT2D eigenvalue weighted by atomic mass is 32.2. The maximum absolute atomic E-state index is 12.2. The van der Waals surface area contributed by atoms with Crippen molar-refractivity contribution in [1.82, 2.24) is 14.1 Å². The van der Waals surface area contributed by atoms with Gasteiger partial charge in [0.15, 0.2) is 0 Å². The van der Waals surface area contributed by atoms with E-state index in [4.69, 9.17) is 4.74 Å². The number of aryl methyl sites for hydroxylation is 1. The Morgan fingerprint density at radius 3 is 2.74 bits per heavy atom. The molecule has 0 unspecified atom stereocenters. The third-order valence-electron chi connectivity index (χ3n) is 3.86. The van der Waals surface area contributed by atoms with Gasteiger partial charge in [0.2, 0.25) is 10.0 Å². The second-order valence-corrected chi connectivity index (χ2v) is 7.72. The van der Waals surface area contributed by atoms with E-state index in [0.717, 1.165) is 5.56 Å². The lowest BCUT2D eigenvalue weighted by atomic mass is 10.2. The van der Waals surface area contributed by atoms with Crippen molar-refractivity contribution in [3.63, 3.8) is 0 Å². The molecule has 0 radical (unpaired) electrons. The Kier molecular flexibility index (Phi) is 5.06. The minimum Gasteiger partial charge on any atom is -0.456 e. The molecule has 0 aliphatic rings. The van der Waals surface area contributed by atoms with Gasteiger partial charge in [0.25, 0.3) is 5.56 Å². The van der Waals surface area contributed by atoms with E-state index in [1.807, 2.05) is 13.0 Å². The molecule has 0 fully saturated rings. The van der Waals surface area contributed by atoms with Crippen LogP contribution in [-0.4, -0.2) is 30.8 Å². The number of pyridine rings is 1. The van der Waals surface area contributed by atoms with Crippen molar-refractivity contribution >= 4 is 21.6 Å². The van der Waals surface area contributed by atoms with E-state index >= 15 is 0 Å². The molecule has 0 aliphatic carbocycles. The molecule has 0 atom stereocenters. The van der Waals surface area contributed by atoms with Crippen LogP contribution in [0.15, 0.2) is 58.4 Å². The van der Waals surface area contributed by atoms with Crippen LogP contribution in [0.4, 0.5) is 0 Å². The van der Waals surface area contributed by atoms with E-state index in [1.54, 1.807) is 12.3 Å². The van der Waals surface area contributed by atoms with Crippen LogP contribution in [0.3, 0.4) is 0 Å². The van der Waals surface area contributed by atoms with Gasteiger partial charge in [-0.2, -0.15) is 0 Å². The zero-order valence-corrected chi connectivity index (χ0v) is 15.5. The number of carbonyl (C=O) groups excluding carboxylic acids is 1. The van der Waals surface area contributed by atoms with Gasteiger partial charge in [0.05, 0.1) is 16.2 Å². The Morgan fingerprint density at radius 2 is 2.00 bits per heavy atom. The summed E-state index contributed by atoms with van der Waals surface area (Å²) < 4.78 is 32.4. The van der Waals surface area contributed by atoms with E-state index in [1.165, 1.54) is 41.8 Å². The fourth-order valence-corrected chi connectivity index (χ4v) is 3.24. The summed E-state index contributed by atoms with van der Waals surface area (Å²) in [6, 6.07) is 10.3. The monoisotopic (exact) mass is 387 g/mol. The number of esters is 1. The van der Waals surface area contributed by atoms with Gasteiger partial charge >= 0.3 is 5.97 Å². The summed E-state index contributed by atoms with van der Waals surface area (Å²) in [6.45, 7) is 1.66. The molecule has 0 bridgehead atoms. The first-order valence-corrected chi connectivity index (χ1v) is 9.48. The topological polar surface area (TPSA) is 107 Å². The van der Waals surface area contributed by atoms with E-state index in [0.29, 0.717) is 11.3 Å². The molecule has 0 saturated carbocycles. The minimum absolute atomic E-state index is 0.0445. The fourth-order valence-electron chi connectivity index (χ4n) is 2.46. The molecule has 0 aliphatic heterocycles. The van der Waals surface area contributed by atoms with Gasteiger partial charge in [-0.25, -0.2) is 22.9 Å². The maximum atomic E-state index is 12.2. The third kappa shape index (κ3) is 4.04. The average Bonchev–Trinajstić information content (AvgIpc) is 2.66. The Morgan fingerprint density at radius 1 is 1.22 bits per heavy atom. The molecule has 0 spiro atoms. The van der Waals surface area contributed by atoms with Crippen molar-refractivity contribution < 1.29 is 17.9 Å². The van der Waals surface area contributed by atoms with Crippen LogP contribution >= 0.6 is 0 Å². The average molecular weight is 387 g/mol. The van der Waals surface area contributed by atoms with Crippen LogP contribution in [0.2, 0.25) is 0 Å². The van der Waals surface area contributed by atoms with Crippen molar-refractivity contribution in [3.05, 3.63) is 75.8 Å². The molecular formula is C18H17N3O5S. The smallest absolute Gasteiger partial charge is 0.338 e. The third-order valence-corrected chi connectivity index (χ3v) is 5.27. The van der Waals surface area contributed by atoms with E-state index < -0.39 is 16.0 Å². The van der Waals surface area contributed by atoms with Crippen molar-refractivity contribution in [3.8, 4) is 0 Å². The van der Waals surface area contributed by atoms with E-state index in [-0.39, 0.29) is 22.6 Å². The van der Waals surface area contributed by atoms with Crippen molar-refractivity contribution in [2.75, 3.05) is 7.05 Å². The van der Waals surface area contributed by atoms with Crippen LogP contribution in [0, 0.1) is 6.92 Å². The molecule has 2 heterocycles. The van der Waals surface area contributed by atoms with Crippen molar-refractivity contribution in [2.24, 2.45) is 0 Å². The Labute approximate surface area is 155 Å². The molecular weight excluding hydrogens is 370 g/mol. The number of sulfonamides is 1. The first-order chi connectivity index (χ1) is 12.8. The standard InChI is InChI=1S/C18H17N3O5S/c1-12-6-7-16-20-14(9-17(22)21(16)10-12)11-26-18(23)13-4-3-5-15(8-13)27(24,25)19-2/h3-10,19H,11H2,1-2H3. The van der Waals surface area contributed by atoms with Gasteiger partial charge in [0, 0.05) is 12.3 Å². The molecule has 3 aromatic rings. The van der Waals surface area contributed by atoms with Gasteiger partial charge in [0.1, 0.15) is 12.3 Å². The number of hydrogen-bond donors (Lipinski definition) is 1. The lowest BCUT2D eigenvalue weighted by Gasteiger charge is -2.08. The number of nitrogens with one attached hydrogen (secondary N) is 1. The number of aromatic nitrogens is 2. The van der Waals surface area contributed by atoms with E-state index in [9.17, 15) is 18.0 Å². The fraction of sp³-hybridized carbons (Fsp3) is 0.167. The highest BCUT2D eigenvalue weighted by Crippen LogP contribution is 2.13. The molecule has 3 rings (SSSR count). The number of hydrogen-bond acceptors (Lipinski definition) is 6. The van der Waals surface area contributed by atoms with Crippen LogP contribution < -0.4 is 10.3 Å². The predicted molar refractivity (Wildman–Crippen MR) is 98.0 cm³/mol. The molecule has 2 aromatic heterocycles. The molecule has 140 valence electrons. The predicted octanol–water partition coefficient (Wildman–Crippen LogP) is 1.27.